The van der Waals surface area contributed by atoms with E-state index in [0.717, 1.165) is 0 Å². The van der Waals surface area contributed by atoms with Crippen LogP contribution in [0.4, 0.5) is 0 Å². The average Bonchev–Trinajstić information content (AvgIpc) is 3.02. The van der Waals surface area contributed by atoms with Gasteiger partial charge < -0.3 is 4.57 Å². The van der Waals surface area contributed by atoms with Crippen molar-refractivity contribution in [2.75, 3.05) is 5.75 Å². The van der Waals surface area contributed by atoms with Gasteiger partial charge in [-0.2, -0.15) is 0 Å². The molecule has 0 amide bonds. The van der Waals surface area contributed by atoms with E-state index in [2.05, 4.69) is 9.97 Å². The molecule has 0 radical (unpaired) electrons. The summed E-state index contributed by atoms with van der Waals surface area (Å²) < 4.78 is 2.90. The molecule has 7 nitrogen and oxygen atoms in total. The lowest BCUT2D eigenvalue weighted by Crippen LogP contribution is -2.29. The molecule has 2 heterocycles. The molecular weight excluding hydrogens is 423 g/mol. The minimum Gasteiger partial charge on any atom is -0.309 e. The number of benzene rings is 1. The Labute approximate surface area is 174 Å². The molecule has 0 aliphatic rings. The molecular formula is C18H16Cl2N4O3S. The summed E-state index contributed by atoms with van der Waals surface area (Å²) in [4.78, 5) is 43.4. The van der Waals surface area contributed by atoms with E-state index in [-0.39, 0.29) is 29.2 Å². The van der Waals surface area contributed by atoms with Crippen LogP contribution in [0.1, 0.15) is 17.3 Å². The van der Waals surface area contributed by atoms with Gasteiger partial charge in [-0.05, 0) is 31.2 Å². The van der Waals surface area contributed by atoms with Gasteiger partial charge in [-0.25, -0.2) is 9.78 Å². The zero-order valence-electron chi connectivity index (χ0n) is 15.0. The van der Waals surface area contributed by atoms with Gasteiger partial charge in [-0.15, -0.1) is 0 Å². The summed E-state index contributed by atoms with van der Waals surface area (Å²) in [6.45, 7) is 2.00. The van der Waals surface area contributed by atoms with Gasteiger partial charge in [0.2, 0.25) is 0 Å². The van der Waals surface area contributed by atoms with E-state index in [1.807, 2.05) is 0 Å². The number of Topliss-reactive ketones (excluding diaryl/α,β-unsaturated/α-hetero) is 1. The van der Waals surface area contributed by atoms with Gasteiger partial charge in [0.05, 0.1) is 5.75 Å². The number of nitrogens with zero attached hydrogens (tertiary/aromatic N) is 3. The van der Waals surface area contributed by atoms with E-state index in [4.69, 9.17) is 23.2 Å². The number of hydrogen-bond acceptors (Lipinski definition) is 5. The smallest absolute Gasteiger partial charge is 0.309 e. The minimum absolute atomic E-state index is 0.105. The molecule has 0 atom stereocenters. The van der Waals surface area contributed by atoms with Crippen LogP contribution in [0.3, 0.4) is 0 Å². The molecule has 1 aromatic carbocycles. The third-order valence-electron chi connectivity index (χ3n) is 4.03. The van der Waals surface area contributed by atoms with Crippen LogP contribution in [0.5, 0.6) is 0 Å². The number of nitrogens with one attached hydrogen (secondary N) is 1. The predicted molar refractivity (Wildman–Crippen MR) is 112 cm³/mol. The lowest BCUT2D eigenvalue weighted by Gasteiger charge is -2.06. The van der Waals surface area contributed by atoms with Crippen LogP contribution in [0, 0.1) is 0 Å². The van der Waals surface area contributed by atoms with E-state index >= 15 is 0 Å². The maximum absolute atomic E-state index is 12.5. The van der Waals surface area contributed by atoms with Gasteiger partial charge in [0, 0.05) is 29.2 Å². The summed E-state index contributed by atoms with van der Waals surface area (Å²) in [5.41, 5.74) is -0.0723. The van der Waals surface area contributed by atoms with Crippen LogP contribution in [-0.4, -0.2) is 30.6 Å². The summed E-state index contributed by atoms with van der Waals surface area (Å²) in [6.07, 6.45) is 1.72. The van der Waals surface area contributed by atoms with Crippen molar-refractivity contribution in [3.8, 4) is 0 Å². The maximum Gasteiger partial charge on any atom is 0.329 e. The number of hydrogen-bond donors (Lipinski definition) is 1. The van der Waals surface area contributed by atoms with E-state index in [9.17, 15) is 14.4 Å². The zero-order valence-corrected chi connectivity index (χ0v) is 17.4. The zero-order chi connectivity index (χ0) is 20.4. The Hall–Kier alpha value is -2.29. The van der Waals surface area contributed by atoms with Crippen LogP contribution in [0.2, 0.25) is 5.02 Å². The molecule has 146 valence electrons. The number of carbonyl (C=O) groups is 1. The number of fused-ring (bicyclic) bond motifs is 1. The number of aryl methyl sites for hydroxylation is 1. The lowest BCUT2D eigenvalue weighted by molar-refractivity contribution is 0.102. The lowest BCUT2D eigenvalue weighted by atomic mass is 10.1. The van der Waals surface area contributed by atoms with Crippen molar-refractivity contribution in [1.82, 2.24) is 19.1 Å². The van der Waals surface area contributed by atoms with Crippen LogP contribution in [0.25, 0.3) is 11.2 Å². The summed E-state index contributed by atoms with van der Waals surface area (Å²) >= 11 is 13.0. The molecule has 0 saturated carbocycles. The third-order valence-corrected chi connectivity index (χ3v) is 5.41. The van der Waals surface area contributed by atoms with Gasteiger partial charge in [0.15, 0.2) is 22.1 Å². The van der Waals surface area contributed by atoms with Crippen LogP contribution in [0.15, 0.2) is 50.1 Å². The third kappa shape index (κ3) is 4.24. The molecule has 0 unspecified atom stereocenters. The Morgan fingerprint density at radius 2 is 1.96 bits per heavy atom. The first kappa shape index (κ1) is 20.4. The average molecular weight is 439 g/mol. The Morgan fingerprint density at radius 1 is 1.29 bits per heavy atom. The summed E-state index contributed by atoms with van der Waals surface area (Å²) in [5, 5.41) is 1.55. The molecule has 2 aromatic heterocycles. The molecule has 10 heteroatoms. The number of imidazole rings is 1. The Kier molecular flexibility index (Phi) is 6.12. The van der Waals surface area contributed by atoms with Crippen molar-refractivity contribution < 1.29 is 4.79 Å². The van der Waals surface area contributed by atoms with Crippen LogP contribution < -0.4 is 11.2 Å². The van der Waals surface area contributed by atoms with Crippen molar-refractivity contribution >= 4 is 51.9 Å². The standard InChI is InChI=1S/C18H16Cl2N4O3S/c1-10(19)7-8-24-14-15(23(2)17(27)22-16(14)26)21-18(24)28-9-13(25)11-3-5-12(20)6-4-11/h3-7H,8-9H2,1-2H3,(H,22,26,27)/b10-7+. The van der Waals surface area contributed by atoms with Crippen molar-refractivity contribution in [1.29, 1.82) is 0 Å². The fraction of sp³-hybridized carbons (Fsp3) is 0.222. The summed E-state index contributed by atoms with van der Waals surface area (Å²) in [6, 6.07) is 6.61. The van der Waals surface area contributed by atoms with E-state index in [1.54, 1.807) is 41.8 Å². The monoisotopic (exact) mass is 438 g/mol. The molecule has 0 spiro atoms. The van der Waals surface area contributed by atoms with Gasteiger partial charge in [0.25, 0.3) is 5.56 Å². The number of aromatic amines is 1. The SMILES string of the molecule is C/C(Cl)=C\Cn1c(SCC(=O)c2ccc(Cl)cc2)nc2c1c(=O)[nH]c(=O)n2C. The highest BCUT2D eigenvalue weighted by molar-refractivity contribution is 7.99. The Balaban J connectivity index is 1.99. The minimum atomic E-state index is -0.556. The molecule has 0 fully saturated rings. The first-order valence-electron chi connectivity index (χ1n) is 8.21. The molecule has 0 aliphatic heterocycles. The van der Waals surface area contributed by atoms with E-state index < -0.39 is 11.2 Å². The van der Waals surface area contributed by atoms with Crippen molar-refractivity contribution in [3.05, 3.63) is 66.8 Å². The van der Waals surface area contributed by atoms with Gasteiger partial charge in [0.1, 0.15) is 0 Å². The predicted octanol–water partition coefficient (Wildman–Crippen LogP) is 3.19. The molecule has 3 aromatic rings. The number of allylic oxidation sites excluding steroid dienone is 2. The molecule has 0 bridgehead atoms. The largest absolute Gasteiger partial charge is 0.329 e. The molecule has 1 N–H and O–H groups in total. The molecule has 3 rings (SSSR count). The van der Waals surface area contributed by atoms with Crippen molar-refractivity contribution in [3.63, 3.8) is 0 Å². The number of carbonyl (C=O) groups excluding carboxylic acids is 1. The first-order valence-corrected chi connectivity index (χ1v) is 9.95. The summed E-state index contributed by atoms with van der Waals surface area (Å²) in [7, 11) is 1.52. The van der Waals surface area contributed by atoms with Crippen molar-refractivity contribution in [2.24, 2.45) is 7.05 Å². The highest BCUT2D eigenvalue weighted by Gasteiger charge is 2.18. The highest BCUT2D eigenvalue weighted by Crippen LogP contribution is 2.23. The summed E-state index contributed by atoms with van der Waals surface area (Å²) in [5.74, 6) is 0.00698. The second kappa shape index (κ2) is 8.38. The Morgan fingerprint density at radius 3 is 2.61 bits per heavy atom. The first-order chi connectivity index (χ1) is 13.3. The second-order valence-electron chi connectivity index (χ2n) is 6.01. The number of H-pyrrole nitrogens is 1. The van der Waals surface area contributed by atoms with Gasteiger partial charge >= 0.3 is 5.69 Å². The van der Waals surface area contributed by atoms with Crippen LogP contribution in [-0.2, 0) is 13.6 Å². The number of aromatic nitrogens is 4. The topological polar surface area (TPSA) is 89.8 Å². The van der Waals surface area contributed by atoms with Crippen LogP contribution >= 0.6 is 35.0 Å². The van der Waals surface area contributed by atoms with E-state index in [1.165, 1.54) is 23.4 Å². The van der Waals surface area contributed by atoms with Crippen molar-refractivity contribution in [2.45, 2.75) is 18.6 Å². The second-order valence-corrected chi connectivity index (χ2v) is 7.98. The quantitative estimate of drug-likeness (QED) is 0.471. The van der Waals surface area contributed by atoms with Gasteiger partial charge in [-0.3, -0.25) is 19.1 Å². The number of thioether (sulfide) groups is 1. The molecule has 0 aliphatic carbocycles. The molecule has 0 saturated heterocycles. The number of rotatable bonds is 6. The van der Waals surface area contributed by atoms with Gasteiger partial charge in [-0.1, -0.05) is 41.0 Å². The Bertz CT molecular complexity index is 1190. The fourth-order valence-corrected chi connectivity index (χ4v) is 3.65. The highest BCUT2D eigenvalue weighted by atomic mass is 35.5. The normalized spacial score (nSPS) is 11.9. The number of ketones is 1. The number of halogens is 2. The fourth-order valence-electron chi connectivity index (χ4n) is 2.56. The molecule has 28 heavy (non-hydrogen) atoms. The van der Waals surface area contributed by atoms with E-state index in [0.29, 0.717) is 20.8 Å². The maximum atomic E-state index is 12.5.